The Kier molecular flexibility index (Phi) is 6.32. The molecule has 1 rings (SSSR count). The monoisotopic (exact) mass is 234 g/mol. The van der Waals surface area contributed by atoms with Crippen LogP contribution in [0.1, 0.15) is 33.4 Å². The third kappa shape index (κ3) is 2.63. The summed E-state index contributed by atoms with van der Waals surface area (Å²) >= 11 is 0. The van der Waals surface area contributed by atoms with E-state index in [0.29, 0.717) is 0 Å². The molecule has 0 atom stereocenters. The second kappa shape index (κ2) is 7.26. The maximum atomic E-state index is 2.32. The van der Waals surface area contributed by atoms with Crippen LogP contribution in [0, 0.1) is 0 Å². The minimum absolute atomic E-state index is 1.19. The molecule has 0 radical (unpaired) electrons. The van der Waals surface area contributed by atoms with Gasteiger partial charge < -0.3 is 0 Å². The normalized spacial score (nSPS) is 10.7. The third-order valence-corrected chi connectivity index (χ3v) is 4.31. The Morgan fingerprint density at radius 1 is 0.333 bits per heavy atom. The fourth-order valence-electron chi connectivity index (χ4n) is 3.65. The van der Waals surface area contributed by atoms with Gasteiger partial charge in [-0.3, -0.25) is 0 Å². The molecule has 1 aromatic rings. The molecule has 0 nitrogen and oxygen atoms in total. The fraction of sp³-hybridized carbons (Fsp3) is 0.500. The van der Waals surface area contributed by atoms with E-state index in [1.807, 2.05) is 0 Å². The van der Waals surface area contributed by atoms with Gasteiger partial charge in [0, 0.05) is 0 Å². The highest BCUT2D eigenvalue weighted by molar-refractivity contribution is 6.15. The number of benzene rings is 1. The van der Waals surface area contributed by atoms with E-state index < -0.39 is 0 Å². The number of hydrogen-bond donors (Lipinski definition) is 0. The quantitative estimate of drug-likeness (QED) is 0.447. The van der Waals surface area contributed by atoms with Gasteiger partial charge in [0.25, 0.3) is 0 Å². The van der Waals surface area contributed by atoms with Crippen molar-refractivity contribution in [3.63, 3.8) is 0 Å². The molecule has 90 valence electrons. The fourth-order valence-corrected chi connectivity index (χ4v) is 3.65. The van der Waals surface area contributed by atoms with E-state index in [0.717, 1.165) is 0 Å². The van der Waals surface area contributed by atoms with Gasteiger partial charge in [0.2, 0.25) is 0 Å². The van der Waals surface area contributed by atoms with Crippen LogP contribution < -0.4 is 0 Å². The van der Waals surface area contributed by atoms with Crippen molar-refractivity contribution in [1.29, 1.82) is 0 Å². The SMILES string of the molecule is BCc1c(CB)c(CB)c(CB)c(CB)c1CB. The van der Waals surface area contributed by atoms with E-state index in [9.17, 15) is 0 Å². The predicted octanol–water partition coefficient (Wildman–Crippen LogP) is -3.51. The Balaban J connectivity index is 3.71. The molecule has 0 aliphatic carbocycles. The van der Waals surface area contributed by atoms with Crippen LogP contribution in [-0.4, -0.2) is 47.1 Å². The van der Waals surface area contributed by atoms with Crippen molar-refractivity contribution >= 4 is 47.1 Å². The van der Waals surface area contributed by atoms with E-state index in [4.69, 9.17) is 0 Å². The van der Waals surface area contributed by atoms with Crippen molar-refractivity contribution in [2.24, 2.45) is 0 Å². The Bertz CT molecular complexity index is 295. The molecule has 0 unspecified atom stereocenters. The van der Waals surface area contributed by atoms with E-state index in [1.165, 1.54) is 37.9 Å². The van der Waals surface area contributed by atoms with Gasteiger partial charge in [-0.2, -0.15) is 0 Å². The molecule has 0 aliphatic heterocycles. The van der Waals surface area contributed by atoms with Crippen molar-refractivity contribution in [3.8, 4) is 0 Å². The molecule has 0 N–H and O–H groups in total. The number of hydrogen-bond acceptors (Lipinski definition) is 0. The summed E-state index contributed by atoms with van der Waals surface area (Å²) in [4.78, 5) is 0. The van der Waals surface area contributed by atoms with Gasteiger partial charge >= 0.3 is 0 Å². The molecule has 18 heavy (non-hydrogen) atoms. The molecule has 1 aromatic carbocycles. The maximum Gasteiger partial charge on any atom is 0.107 e. The van der Waals surface area contributed by atoms with Gasteiger partial charge in [-0.05, 0) is 0 Å². The molecule has 0 spiro atoms. The van der Waals surface area contributed by atoms with E-state index in [-0.39, 0.29) is 0 Å². The lowest BCUT2D eigenvalue weighted by Gasteiger charge is -2.25. The second-order valence-electron chi connectivity index (χ2n) is 4.99. The summed E-state index contributed by atoms with van der Waals surface area (Å²) < 4.78 is 0. The minimum Gasteiger partial charge on any atom is -0.0561 e. The third-order valence-electron chi connectivity index (χ3n) is 4.31. The first-order valence-corrected chi connectivity index (χ1v) is 7.86. The highest BCUT2D eigenvalue weighted by Gasteiger charge is 2.17. The summed E-state index contributed by atoms with van der Waals surface area (Å²) in [6.07, 6.45) is 7.14. The predicted molar refractivity (Wildman–Crippen MR) is 99.9 cm³/mol. The Morgan fingerprint density at radius 3 is 0.500 bits per heavy atom. The molecule has 6 heteroatoms. The molecule has 0 saturated heterocycles. The zero-order chi connectivity index (χ0) is 13.7. The number of rotatable bonds is 6. The summed E-state index contributed by atoms with van der Waals surface area (Å²) in [7, 11) is 13.9. The summed E-state index contributed by atoms with van der Waals surface area (Å²) in [6, 6.07) is 0. The van der Waals surface area contributed by atoms with Crippen molar-refractivity contribution in [1.82, 2.24) is 0 Å². The van der Waals surface area contributed by atoms with Crippen molar-refractivity contribution < 1.29 is 0 Å². The Labute approximate surface area is 119 Å². The van der Waals surface area contributed by atoms with Crippen molar-refractivity contribution in [3.05, 3.63) is 33.4 Å². The summed E-state index contributed by atoms with van der Waals surface area (Å²) in [5.41, 5.74) is 9.95. The first-order valence-electron chi connectivity index (χ1n) is 7.86. The second-order valence-corrected chi connectivity index (χ2v) is 4.99. The summed E-state index contributed by atoms with van der Waals surface area (Å²) in [5, 5.41) is 0. The lowest BCUT2D eigenvalue weighted by atomic mass is 9.69. The van der Waals surface area contributed by atoms with Crippen LogP contribution in [0.15, 0.2) is 0 Å². The average molecular weight is 233 g/mol. The molecule has 0 aliphatic rings. The largest absolute Gasteiger partial charge is 0.107 e. The zero-order valence-electron chi connectivity index (χ0n) is 13.2. The Hall–Kier alpha value is -0.390. The van der Waals surface area contributed by atoms with E-state index in [2.05, 4.69) is 47.1 Å². The van der Waals surface area contributed by atoms with Crippen LogP contribution in [0.25, 0.3) is 0 Å². The minimum atomic E-state index is 1.19. The highest BCUT2D eigenvalue weighted by Crippen LogP contribution is 2.29. The van der Waals surface area contributed by atoms with Gasteiger partial charge in [-0.25, -0.2) is 0 Å². The van der Waals surface area contributed by atoms with Crippen LogP contribution in [0.5, 0.6) is 0 Å². The van der Waals surface area contributed by atoms with Crippen LogP contribution in [0.2, 0.25) is 0 Å². The van der Waals surface area contributed by atoms with Crippen LogP contribution in [-0.2, 0) is 37.9 Å². The van der Waals surface area contributed by atoms with Gasteiger partial charge in [0.15, 0.2) is 0 Å². The topological polar surface area (TPSA) is 0 Å². The highest BCUT2D eigenvalue weighted by atomic mass is 14.2. The maximum absolute atomic E-state index is 2.32. The van der Waals surface area contributed by atoms with Gasteiger partial charge in [-0.15, -0.1) is 0 Å². The first-order chi connectivity index (χ1) is 8.69. The first kappa shape index (κ1) is 15.7. The van der Waals surface area contributed by atoms with Gasteiger partial charge in [0.05, 0.1) is 0 Å². The molecular weight excluding hydrogens is 209 g/mol. The lowest BCUT2D eigenvalue weighted by molar-refractivity contribution is 1.06. The van der Waals surface area contributed by atoms with Crippen LogP contribution in [0.3, 0.4) is 0 Å². The summed E-state index contributed by atoms with van der Waals surface area (Å²) in [6.45, 7) is 0. The molecule has 0 heterocycles. The van der Waals surface area contributed by atoms with Crippen molar-refractivity contribution in [2.45, 2.75) is 37.9 Å². The molecule has 0 amide bonds. The molecule has 0 fully saturated rings. The van der Waals surface area contributed by atoms with E-state index >= 15 is 0 Å². The summed E-state index contributed by atoms with van der Waals surface area (Å²) in [5.74, 6) is 0. The zero-order valence-corrected chi connectivity index (χ0v) is 13.2. The molecule has 0 aromatic heterocycles. The van der Waals surface area contributed by atoms with Crippen molar-refractivity contribution in [2.75, 3.05) is 0 Å². The molecule has 0 saturated carbocycles. The Morgan fingerprint density at radius 2 is 0.444 bits per heavy atom. The van der Waals surface area contributed by atoms with Gasteiger partial charge in [-0.1, -0.05) is 71.3 Å². The van der Waals surface area contributed by atoms with Crippen LogP contribution in [0.4, 0.5) is 0 Å². The molecule has 0 bridgehead atoms. The standard InChI is InChI=1S/C12H24B6/c13-1-7-8(2-14)10(4-16)12(6-18)11(5-17)9(7)3-15/h1-6,13-18H2. The molecular formula is C12H24B6. The average Bonchev–Trinajstić information content (AvgIpc) is 2.43. The van der Waals surface area contributed by atoms with E-state index in [1.54, 1.807) is 33.4 Å². The van der Waals surface area contributed by atoms with Gasteiger partial charge in [0.1, 0.15) is 47.1 Å². The van der Waals surface area contributed by atoms with Crippen LogP contribution >= 0.6 is 0 Å². The lowest BCUT2D eigenvalue weighted by Crippen LogP contribution is -2.15. The smallest absolute Gasteiger partial charge is 0.0561 e.